The summed E-state index contributed by atoms with van der Waals surface area (Å²) in [5.74, 6) is -0.191. The molecule has 2 heterocycles. The van der Waals surface area contributed by atoms with E-state index < -0.39 is 17.7 Å². The molecule has 0 radical (unpaired) electrons. The summed E-state index contributed by atoms with van der Waals surface area (Å²) in [6, 6.07) is 15.8. The van der Waals surface area contributed by atoms with Crippen LogP contribution in [0.15, 0.2) is 79.1 Å². The average Bonchev–Trinajstić information content (AvgIpc) is 3.30. The van der Waals surface area contributed by atoms with Gasteiger partial charge in [-0.2, -0.15) is 18.3 Å². The Hall–Kier alpha value is -4.21. The van der Waals surface area contributed by atoms with Crippen LogP contribution in [-0.4, -0.2) is 20.7 Å². The number of hydrogen-bond donors (Lipinski definition) is 1. The third-order valence-electron chi connectivity index (χ3n) is 4.54. The van der Waals surface area contributed by atoms with E-state index in [4.69, 9.17) is 4.74 Å². The molecule has 10 heteroatoms. The normalized spacial score (nSPS) is 11.3. The lowest BCUT2D eigenvalue weighted by molar-refractivity contribution is -0.141. The zero-order valence-electron chi connectivity index (χ0n) is 16.9. The number of carbonyl (C=O) groups excluding carboxylic acids is 1. The lowest BCUT2D eigenvalue weighted by Gasteiger charge is -2.08. The van der Waals surface area contributed by atoms with E-state index in [2.05, 4.69) is 15.4 Å². The predicted octanol–water partition coefficient (Wildman–Crippen LogP) is 5.15. The summed E-state index contributed by atoms with van der Waals surface area (Å²) < 4.78 is 57.8. The maximum atomic E-state index is 13.2. The van der Waals surface area contributed by atoms with Crippen molar-refractivity contribution in [3.05, 3.63) is 102 Å². The minimum Gasteiger partial charge on any atom is -0.439 e. The fourth-order valence-corrected chi connectivity index (χ4v) is 2.90. The maximum Gasteiger partial charge on any atom is 0.435 e. The van der Waals surface area contributed by atoms with Crippen LogP contribution in [0.4, 0.5) is 17.6 Å². The molecule has 0 aliphatic rings. The van der Waals surface area contributed by atoms with Gasteiger partial charge in [-0.15, -0.1) is 0 Å². The summed E-state index contributed by atoms with van der Waals surface area (Å²) in [6.45, 7) is 0.196. The van der Waals surface area contributed by atoms with Gasteiger partial charge in [-0.1, -0.05) is 12.1 Å². The number of halogens is 4. The van der Waals surface area contributed by atoms with Crippen LogP contribution in [0.25, 0.3) is 5.69 Å². The number of amides is 1. The minimum atomic E-state index is -4.52. The van der Waals surface area contributed by atoms with E-state index in [0.717, 1.165) is 10.7 Å². The van der Waals surface area contributed by atoms with Crippen LogP contribution in [0.2, 0.25) is 0 Å². The molecule has 6 nitrogen and oxygen atoms in total. The molecule has 0 fully saturated rings. The third kappa shape index (κ3) is 5.53. The molecule has 0 aliphatic carbocycles. The number of hydrogen-bond acceptors (Lipinski definition) is 4. The summed E-state index contributed by atoms with van der Waals surface area (Å²) in [7, 11) is 0. The Morgan fingerprint density at radius 2 is 1.82 bits per heavy atom. The van der Waals surface area contributed by atoms with E-state index in [1.54, 1.807) is 18.2 Å². The van der Waals surface area contributed by atoms with Crippen molar-refractivity contribution in [2.75, 3.05) is 0 Å². The van der Waals surface area contributed by atoms with Crippen molar-refractivity contribution in [3.8, 4) is 17.3 Å². The Balaban J connectivity index is 1.33. The highest BCUT2D eigenvalue weighted by atomic mass is 19.4. The van der Waals surface area contributed by atoms with Crippen molar-refractivity contribution >= 4 is 5.91 Å². The first-order valence-electron chi connectivity index (χ1n) is 9.68. The quantitative estimate of drug-likeness (QED) is 0.408. The van der Waals surface area contributed by atoms with Gasteiger partial charge in [0.05, 0.1) is 5.69 Å². The number of benzene rings is 2. The highest BCUT2D eigenvalue weighted by Gasteiger charge is 2.33. The molecule has 0 bridgehead atoms. The minimum absolute atomic E-state index is 0.196. The molecule has 2 aromatic heterocycles. The monoisotopic (exact) mass is 456 g/mol. The molecular weight excluding hydrogens is 440 g/mol. The SMILES string of the molecule is O=C(NCc1ccc(Oc2cccc(F)c2)nc1)c1ccc(-n2ccc(C(F)(F)F)n2)cc1. The Morgan fingerprint density at radius 3 is 2.45 bits per heavy atom. The number of carbonyl (C=O) groups is 1. The van der Waals surface area contributed by atoms with E-state index in [-0.39, 0.29) is 18.3 Å². The predicted molar refractivity (Wildman–Crippen MR) is 110 cm³/mol. The van der Waals surface area contributed by atoms with Crippen LogP contribution in [0, 0.1) is 5.82 Å². The van der Waals surface area contributed by atoms with Gasteiger partial charge in [0, 0.05) is 36.6 Å². The van der Waals surface area contributed by atoms with Crippen molar-refractivity contribution in [1.82, 2.24) is 20.1 Å². The first kappa shape index (κ1) is 22.0. The third-order valence-corrected chi connectivity index (χ3v) is 4.54. The number of nitrogens with one attached hydrogen (secondary N) is 1. The van der Waals surface area contributed by atoms with E-state index in [1.807, 2.05) is 0 Å². The second kappa shape index (κ2) is 9.11. The molecule has 0 unspecified atom stereocenters. The zero-order valence-corrected chi connectivity index (χ0v) is 16.9. The first-order chi connectivity index (χ1) is 15.8. The van der Waals surface area contributed by atoms with E-state index >= 15 is 0 Å². The van der Waals surface area contributed by atoms with E-state index in [0.29, 0.717) is 22.6 Å². The van der Waals surface area contributed by atoms with Gasteiger partial charge in [0.1, 0.15) is 11.6 Å². The molecule has 0 aliphatic heterocycles. The Bertz CT molecular complexity index is 1250. The van der Waals surface area contributed by atoms with Crippen molar-refractivity contribution in [1.29, 1.82) is 0 Å². The standard InChI is InChI=1S/C23H16F4N4O2/c24-17-2-1-3-19(12-17)33-21-9-4-15(13-28-21)14-29-22(32)16-5-7-18(8-6-16)31-11-10-20(30-31)23(25,26)27/h1-13H,14H2,(H,29,32). The van der Waals surface area contributed by atoms with Crippen LogP contribution >= 0.6 is 0 Å². The molecule has 1 N–H and O–H groups in total. The largest absolute Gasteiger partial charge is 0.439 e. The maximum absolute atomic E-state index is 13.2. The zero-order chi connectivity index (χ0) is 23.4. The van der Waals surface area contributed by atoms with E-state index in [1.165, 1.54) is 54.9 Å². The van der Waals surface area contributed by atoms with Crippen molar-refractivity contribution in [3.63, 3.8) is 0 Å². The molecule has 2 aromatic carbocycles. The number of pyridine rings is 1. The molecule has 0 atom stereocenters. The fourth-order valence-electron chi connectivity index (χ4n) is 2.90. The number of rotatable bonds is 6. The summed E-state index contributed by atoms with van der Waals surface area (Å²) in [5.41, 5.74) is 0.439. The van der Waals surface area contributed by atoms with Gasteiger partial charge < -0.3 is 10.1 Å². The topological polar surface area (TPSA) is 69.0 Å². The van der Waals surface area contributed by atoms with Crippen molar-refractivity contribution < 1.29 is 27.1 Å². The van der Waals surface area contributed by atoms with Gasteiger partial charge in [-0.25, -0.2) is 14.1 Å². The smallest absolute Gasteiger partial charge is 0.435 e. The molecule has 4 rings (SSSR count). The second-order valence-electron chi connectivity index (χ2n) is 6.94. The average molecular weight is 456 g/mol. The number of ether oxygens (including phenoxy) is 1. The highest BCUT2D eigenvalue weighted by molar-refractivity contribution is 5.94. The van der Waals surface area contributed by atoms with Gasteiger partial charge in [-0.05, 0) is 48.0 Å². The fraction of sp³-hybridized carbons (Fsp3) is 0.0870. The second-order valence-corrected chi connectivity index (χ2v) is 6.94. The molecule has 0 saturated heterocycles. The molecular formula is C23H16F4N4O2. The van der Waals surface area contributed by atoms with Crippen molar-refractivity contribution in [2.45, 2.75) is 12.7 Å². The van der Waals surface area contributed by atoms with Crippen LogP contribution in [0.3, 0.4) is 0 Å². The highest BCUT2D eigenvalue weighted by Crippen LogP contribution is 2.28. The Labute approximate surface area is 185 Å². The lowest BCUT2D eigenvalue weighted by Crippen LogP contribution is -2.22. The van der Waals surface area contributed by atoms with Gasteiger partial charge in [0.25, 0.3) is 5.91 Å². The lowest BCUT2D eigenvalue weighted by atomic mass is 10.2. The molecule has 4 aromatic rings. The van der Waals surface area contributed by atoms with Gasteiger partial charge >= 0.3 is 6.18 Å². The van der Waals surface area contributed by atoms with Crippen LogP contribution in [-0.2, 0) is 12.7 Å². The Kier molecular flexibility index (Phi) is 6.07. The number of aromatic nitrogens is 3. The van der Waals surface area contributed by atoms with Gasteiger partial charge in [0.15, 0.2) is 5.69 Å². The van der Waals surface area contributed by atoms with Crippen LogP contribution in [0.5, 0.6) is 11.6 Å². The van der Waals surface area contributed by atoms with Crippen LogP contribution < -0.4 is 10.1 Å². The summed E-state index contributed by atoms with van der Waals surface area (Å²) in [6.07, 6.45) is -1.80. The summed E-state index contributed by atoms with van der Waals surface area (Å²) in [5, 5.41) is 6.23. The first-order valence-corrected chi connectivity index (χ1v) is 9.68. The molecule has 33 heavy (non-hydrogen) atoms. The molecule has 0 saturated carbocycles. The number of nitrogens with zero attached hydrogens (tertiary/aromatic N) is 3. The van der Waals surface area contributed by atoms with Crippen molar-refractivity contribution in [2.24, 2.45) is 0 Å². The molecule has 1 amide bonds. The molecule has 168 valence electrons. The van der Waals surface area contributed by atoms with Gasteiger partial charge in [-0.3, -0.25) is 4.79 Å². The Morgan fingerprint density at radius 1 is 1.03 bits per heavy atom. The molecule has 0 spiro atoms. The summed E-state index contributed by atoms with van der Waals surface area (Å²) >= 11 is 0. The van der Waals surface area contributed by atoms with Gasteiger partial charge in [0.2, 0.25) is 5.88 Å². The summed E-state index contributed by atoms with van der Waals surface area (Å²) in [4.78, 5) is 16.5. The number of alkyl halides is 3. The van der Waals surface area contributed by atoms with E-state index in [9.17, 15) is 22.4 Å². The van der Waals surface area contributed by atoms with Crippen LogP contribution in [0.1, 0.15) is 21.6 Å².